The quantitative estimate of drug-likeness (QED) is 0.419. The van der Waals surface area contributed by atoms with Gasteiger partial charge in [-0.1, -0.05) is 39.0 Å². The van der Waals surface area contributed by atoms with E-state index in [4.69, 9.17) is 0 Å². The summed E-state index contributed by atoms with van der Waals surface area (Å²) in [6.07, 6.45) is 7.56. The molecule has 0 spiro atoms. The molecule has 0 aromatic carbocycles. The van der Waals surface area contributed by atoms with Crippen LogP contribution in [0.2, 0.25) is 0 Å². The van der Waals surface area contributed by atoms with Crippen molar-refractivity contribution >= 4 is 16.9 Å². The minimum Gasteiger partial charge on any atom is -0.290 e. The van der Waals surface area contributed by atoms with E-state index in [1.807, 2.05) is 0 Å². The Labute approximate surface area is 125 Å². The number of hydrogen-bond donors (Lipinski definition) is 0. The fourth-order valence-corrected chi connectivity index (χ4v) is 2.79. The molecule has 0 saturated carbocycles. The van der Waals surface area contributed by atoms with E-state index in [9.17, 15) is 9.59 Å². The summed E-state index contributed by atoms with van der Waals surface area (Å²) < 4.78 is 1.43. The van der Waals surface area contributed by atoms with E-state index >= 15 is 0 Å². The first-order valence-electron chi connectivity index (χ1n) is 7.30. The molecule has 0 N–H and O–H groups in total. The lowest BCUT2D eigenvalue weighted by atomic mass is 10.1. The Balaban J connectivity index is 2.38. The number of thioether (sulfide) groups is 1. The van der Waals surface area contributed by atoms with Crippen LogP contribution in [0.5, 0.6) is 0 Å². The van der Waals surface area contributed by atoms with Crippen LogP contribution in [-0.2, 0) is 11.8 Å². The monoisotopic (exact) mass is 296 g/mol. The van der Waals surface area contributed by atoms with Gasteiger partial charge in [0, 0.05) is 25.2 Å². The van der Waals surface area contributed by atoms with Crippen molar-refractivity contribution in [1.82, 2.24) is 9.55 Å². The molecule has 0 radical (unpaired) electrons. The van der Waals surface area contributed by atoms with E-state index in [2.05, 4.69) is 11.9 Å². The third kappa shape index (κ3) is 5.90. The van der Waals surface area contributed by atoms with Crippen molar-refractivity contribution in [3.8, 4) is 0 Å². The van der Waals surface area contributed by atoms with Crippen molar-refractivity contribution < 1.29 is 4.79 Å². The maximum Gasteiger partial charge on any atom is 0.254 e. The van der Waals surface area contributed by atoms with E-state index < -0.39 is 0 Å². The molecule has 0 aliphatic carbocycles. The van der Waals surface area contributed by atoms with Crippen LogP contribution in [0.15, 0.2) is 16.0 Å². The zero-order valence-electron chi connectivity index (χ0n) is 12.6. The number of carbonyl (C=O) groups is 1. The van der Waals surface area contributed by atoms with Gasteiger partial charge in [0.1, 0.15) is 0 Å². The summed E-state index contributed by atoms with van der Waals surface area (Å²) in [5, 5.41) is 0.583. The lowest BCUT2D eigenvalue weighted by Crippen LogP contribution is -2.19. The van der Waals surface area contributed by atoms with Crippen molar-refractivity contribution in [2.75, 3.05) is 0 Å². The van der Waals surface area contributed by atoms with Gasteiger partial charge >= 0.3 is 0 Å². The number of unbranched alkanes of at least 4 members (excludes halogenated alkanes) is 5. The largest absolute Gasteiger partial charge is 0.290 e. The van der Waals surface area contributed by atoms with E-state index in [0.29, 0.717) is 17.3 Å². The second-order valence-electron chi connectivity index (χ2n) is 5.07. The van der Waals surface area contributed by atoms with Crippen LogP contribution in [0.4, 0.5) is 0 Å². The number of hydrogen-bond acceptors (Lipinski definition) is 4. The van der Waals surface area contributed by atoms with Crippen LogP contribution in [-0.4, -0.2) is 14.7 Å². The average Bonchev–Trinajstić information content (AvgIpc) is 2.39. The highest BCUT2D eigenvalue weighted by Crippen LogP contribution is 2.18. The van der Waals surface area contributed by atoms with Gasteiger partial charge in [0.05, 0.1) is 0 Å². The molecule has 112 valence electrons. The zero-order valence-corrected chi connectivity index (χ0v) is 13.5. The molecule has 1 aromatic rings. The molecular weight excluding hydrogens is 272 g/mol. The highest BCUT2D eigenvalue weighted by molar-refractivity contribution is 8.13. The molecule has 1 rings (SSSR count). The van der Waals surface area contributed by atoms with Gasteiger partial charge < -0.3 is 0 Å². The van der Waals surface area contributed by atoms with E-state index in [-0.39, 0.29) is 10.7 Å². The Morgan fingerprint density at radius 3 is 2.60 bits per heavy atom. The van der Waals surface area contributed by atoms with E-state index in [0.717, 1.165) is 24.6 Å². The van der Waals surface area contributed by atoms with Gasteiger partial charge in [-0.15, -0.1) is 0 Å². The van der Waals surface area contributed by atoms with Crippen LogP contribution in [0.3, 0.4) is 0 Å². The molecule has 0 atom stereocenters. The molecular formula is C15H24N2O2S. The van der Waals surface area contributed by atoms with Crippen molar-refractivity contribution in [2.45, 2.75) is 63.9 Å². The third-order valence-electron chi connectivity index (χ3n) is 3.16. The number of nitrogens with zero attached hydrogens (tertiary/aromatic N) is 2. The van der Waals surface area contributed by atoms with Crippen molar-refractivity contribution in [3.63, 3.8) is 0 Å². The van der Waals surface area contributed by atoms with Gasteiger partial charge in [-0.25, -0.2) is 4.98 Å². The molecule has 0 aliphatic heterocycles. The average molecular weight is 296 g/mol. The van der Waals surface area contributed by atoms with Crippen LogP contribution >= 0.6 is 11.8 Å². The first kappa shape index (κ1) is 17.0. The predicted molar refractivity (Wildman–Crippen MR) is 83.1 cm³/mol. The minimum absolute atomic E-state index is 0.0913. The van der Waals surface area contributed by atoms with Gasteiger partial charge in [0.15, 0.2) is 10.3 Å². The van der Waals surface area contributed by atoms with Crippen LogP contribution < -0.4 is 5.56 Å². The molecule has 20 heavy (non-hydrogen) atoms. The Morgan fingerprint density at radius 2 is 1.90 bits per heavy atom. The van der Waals surface area contributed by atoms with Crippen LogP contribution in [0.1, 0.15) is 57.6 Å². The molecule has 4 nitrogen and oxygen atoms in total. The summed E-state index contributed by atoms with van der Waals surface area (Å²) in [6.45, 7) is 3.96. The highest BCUT2D eigenvalue weighted by Gasteiger charge is 2.10. The Bertz CT molecular complexity index is 497. The molecule has 0 amide bonds. The van der Waals surface area contributed by atoms with Gasteiger partial charge in [-0.05, 0) is 25.1 Å². The van der Waals surface area contributed by atoms with E-state index in [1.165, 1.54) is 36.3 Å². The Morgan fingerprint density at radius 1 is 1.25 bits per heavy atom. The topological polar surface area (TPSA) is 52.0 Å². The van der Waals surface area contributed by atoms with Crippen molar-refractivity contribution in [2.24, 2.45) is 7.05 Å². The summed E-state index contributed by atoms with van der Waals surface area (Å²) in [5.74, 6) is 0. The Hall–Kier alpha value is -1.10. The number of rotatable bonds is 8. The van der Waals surface area contributed by atoms with Crippen molar-refractivity contribution in [3.05, 3.63) is 22.1 Å². The first-order valence-corrected chi connectivity index (χ1v) is 8.11. The van der Waals surface area contributed by atoms with Crippen LogP contribution in [0, 0.1) is 6.92 Å². The number of carbonyl (C=O) groups excluding carboxylic acids is 1. The molecule has 0 bridgehead atoms. The lowest BCUT2D eigenvalue weighted by Gasteiger charge is -2.06. The molecule has 1 heterocycles. The highest BCUT2D eigenvalue weighted by atomic mass is 32.2. The van der Waals surface area contributed by atoms with Crippen molar-refractivity contribution in [1.29, 1.82) is 0 Å². The molecule has 0 unspecified atom stereocenters. The molecule has 0 aliphatic rings. The van der Waals surface area contributed by atoms with Gasteiger partial charge in [-0.3, -0.25) is 14.2 Å². The summed E-state index contributed by atoms with van der Waals surface area (Å²) in [4.78, 5) is 27.7. The second kappa shape index (κ2) is 8.95. The fraction of sp³-hybridized carbons (Fsp3) is 0.667. The standard InChI is InChI=1S/C15H24N2O2S/c1-4-5-6-7-8-9-10-14(19)20-15-16-12(2)11-13(18)17(15)3/h11H,4-10H2,1-3H3. The summed E-state index contributed by atoms with van der Waals surface area (Å²) >= 11 is 1.08. The molecule has 0 saturated heterocycles. The Kier molecular flexibility index (Phi) is 7.59. The zero-order chi connectivity index (χ0) is 15.0. The maximum absolute atomic E-state index is 11.9. The molecule has 0 fully saturated rings. The minimum atomic E-state index is -0.118. The summed E-state index contributed by atoms with van der Waals surface area (Å²) in [7, 11) is 1.65. The van der Waals surface area contributed by atoms with Gasteiger partial charge in [0.2, 0.25) is 0 Å². The maximum atomic E-state index is 11.9. The molecule has 1 aromatic heterocycles. The smallest absolute Gasteiger partial charge is 0.254 e. The van der Waals surface area contributed by atoms with Gasteiger partial charge in [0.25, 0.3) is 5.56 Å². The summed E-state index contributed by atoms with van der Waals surface area (Å²) in [6, 6.07) is 1.47. The lowest BCUT2D eigenvalue weighted by molar-refractivity contribution is -0.111. The molecule has 5 heteroatoms. The third-order valence-corrected chi connectivity index (χ3v) is 4.14. The first-order chi connectivity index (χ1) is 9.54. The number of aryl methyl sites for hydroxylation is 1. The fourth-order valence-electron chi connectivity index (χ4n) is 1.92. The van der Waals surface area contributed by atoms with Crippen LogP contribution in [0.25, 0.3) is 0 Å². The summed E-state index contributed by atoms with van der Waals surface area (Å²) in [5.41, 5.74) is 0.537. The van der Waals surface area contributed by atoms with Gasteiger partial charge in [-0.2, -0.15) is 0 Å². The SMILES string of the molecule is CCCCCCCCC(=O)Sc1nc(C)cc(=O)n1C. The number of aromatic nitrogens is 2. The normalized spacial score (nSPS) is 10.8. The second-order valence-corrected chi connectivity index (χ2v) is 6.09. The van der Waals surface area contributed by atoms with E-state index in [1.54, 1.807) is 14.0 Å². The predicted octanol–water partition coefficient (Wildman–Crippen LogP) is 3.46.